The Balaban J connectivity index is 2.46. The summed E-state index contributed by atoms with van der Waals surface area (Å²) >= 11 is 0. The number of carbonyl (C=O) groups excluding carboxylic acids is 1. The fraction of sp³-hybridized carbons (Fsp3) is 0.900. The molecule has 2 atom stereocenters. The lowest BCUT2D eigenvalue weighted by Gasteiger charge is -2.40. The smallest absolute Gasteiger partial charge is 0.304 e. The minimum Gasteiger partial charge on any atom is -0.447 e. The van der Waals surface area contributed by atoms with Crippen LogP contribution < -0.4 is 0 Å². The van der Waals surface area contributed by atoms with E-state index in [1.54, 1.807) is 0 Å². The van der Waals surface area contributed by atoms with Crippen molar-refractivity contribution in [3.05, 3.63) is 0 Å². The Labute approximate surface area is 90.6 Å². The standard InChI is InChI=1S/C10H20N2O3/c1-8(15-9(2)14)12-5-4-11(3)10(6-12)7-13/h8,10,13H,4-7H2,1-3H3. The minimum atomic E-state index is -0.262. The lowest BCUT2D eigenvalue weighted by molar-refractivity contribution is -0.157. The van der Waals surface area contributed by atoms with Gasteiger partial charge in [-0.05, 0) is 14.0 Å². The second-order valence-corrected chi connectivity index (χ2v) is 4.02. The molecule has 1 saturated heterocycles. The van der Waals surface area contributed by atoms with Gasteiger partial charge in [0.25, 0.3) is 0 Å². The molecule has 88 valence electrons. The molecule has 1 aliphatic rings. The highest BCUT2D eigenvalue weighted by molar-refractivity contribution is 5.66. The zero-order chi connectivity index (χ0) is 11.4. The molecule has 1 rings (SSSR count). The summed E-state index contributed by atoms with van der Waals surface area (Å²) in [5.41, 5.74) is 0. The third-order valence-electron chi connectivity index (χ3n) is 2.87. The van der Waals surface area contributed by atoms with Crippen LogP contribution in [0.15, 0.2) is 0 Å². The molecule has 5 nitrogen and oxygen atoms in total. The second-order valence-electron chi connectivity index (χ2n) is 4.02. The van der Waals surface area contributed by atoms with Gasteiger partial charge in [0.1, 0.15) is 0 Å². The van der Waals surface area contributed by atoms with Crippen molar-refractivity contribution >= 4 is 5.97 Å². The number of hydrogen-bond donors (Lipinski definition) is 1. The van der Waals surface area contributed by atoms with Gasteiger partial charge in [0.05, 0.1) is 6.61 Å². The van der Waals surface area contributed by atoms with Crippen molar-refractivity contribution in [2.45, 2.75) is 26.1 Å². The molecular formula is C10H20N2O3. The first kappa shape index (κ1) is 12.4. The highest BCUT2D eigenvalue weighted by Gasteiger charge is 2.27. The van der Waals surface area contributed by atoms with E-state index in [0.29, 0.717) is 0 Å². The van der Waals surface area contributed by atoms with Crippen LogP contribution in [-0.4, -0.2) is 66.4 Å². The predicted octanol–water partition coefficient (Wildman–Crippen LogP) is -0.496. The van der Waals surface area contributed by atoms with Crippen molar-refractivity contribution in [1.82, 2.24) is 9.80 Å². The van der Waals surface area contributed by atoms with E-state index < -0.39 is 0 Å². The van der Waals surface area contributed by atoms with Gasteiger partial charge in [0, 0.05) is 32.6 Å². The maximum Gasteiger partial charge on any atom is 0.304 e. The number of rotatable bonds is 3. The van der Waals surface area contributed by atoms with Crippen molar-refractivity contribution in [2.24, 2.45) is 0 Å². The lowest BCUT2D eigenvalue weighted by atomic mass is 10.2. The Hall–Kier alpha value is -0.650. The summed E-state index contributed by atoms with van der Waals surface area (Å²) in [6, 6.07) is 0.136. The molecular weight excluding hydrogens is 196 g/mol. The zero-order valence-corrected chi connectivity index (χ0v) is 9.64. The maximum atomic E-state index is 10.8. The molecule has 0 aromatic heterocycles. The Kier molecular flexibility index (Phi) is 4.50. The van der Waals surface area contributed by atoms with Gasteiger partial charge in [-0.2, -0.15) is 0 Å². The summed E-state index contributed by atoms with van der Waals surface area (Å²) in [4.78, 5) is 15.0. The molecule has 0 aromatic carbocycles. The van der Waals surface area contributed by atoms with Crippen LogP contribution in [0, 0.1) is 0 Å². The molecule has 0 amide bonds. The summed E-state index contributed by atoms with van der Waals surface area (Å²) < 4.78 is 5.10. The molecule has 1 fully saturated rings. The van der Waals surface area contributed by atoms with E-state index in [1.807, 2.05) is 14.0 Å². The monoisotopic (exact) mass is 216 g/mol. The summed E-state index contributed by atoms with van der Waals surface area (Å²) in [5, 5.41) is 9.17. The molecule has 0 bridgehead atoms. The summed E-state index contributed by atoms with van der Waals surface area (Å²) in [7, 11) is 1.99. The van der Waals surface area contributed by atoms with E-state index in [4.69, 9.17) is 9.84 Å². The van der Waals surface area contributed by atoms with Gasteiger partial charge in [-0.1, -0.05) is 0 Å². The Morgan fingerprint density at radius 2 is 2.27 bits per heavy atom. The number of piperazine rings is 1. The molecule has 1 N–H and O–H groups in total. The Morgan fingerprint density at radius 3 is 2.80 bits per heavy atom. The average Bonchev–Trinajstić information content (AvgIpc) is 2.17. The molecule has 0 aliphatic carbocycles. The maximum absolute atomic E-state index is 10.8. The minimum absolute atomic E-state index is 0.136. The third kappa shape index (κ3) is 3.44. The average molecular weight is 216 g/mol. The van der Waals surface area contributed by atoms with Gasteiger partial charge in [-0.25, -0.2) is 0 Å². The van der Waals surface area contributed by atoms with Crippen molar-refractivity contribution < 1.29 is 14.6 Å². The van der Waals surface area contributed by atoms with E-state index in [9.17, 15) is 4.79 Å². The third-order valence-corrected chi connectivity index (χ3v) is 2.87. The van der Waals surface area contributed by atoms with Crippen molar-refractivity contribution in [3.8, 4) is 0 Å². The number of nitrogens with zero attached hydrogens (tertiary/aromatic N) is 2. The summed E-state index contributed by atoms with van der Waals surface area (Å²) in [6.07, 6.45) is -0.203. The molecule has 15 heavy (non-hydrogen) atoms. The topological polar surface area (TPSA) is 53.0 Å². The van der Waals surface area contributed by atoms with Crippen molar-refractivity contribution in [1.29, 1.82) is 0 Å². The van der Waals surface area contributed by atoms with E-state index in [-0.39, 0.29) is 24.8 Å². The lowest BCUT2D eigenvalue weighted by Crippen LogP contribution is -2.55. The van der Waals surface area contributed by atoms with Crippen LogP contribution in [0.3, 0.4) is 0 Å². The van der Waals surface area contributed by atoms with E-state index in [2.05, 4.69) is 9.80 Å². The number of esters is 1. The largest absolute Gasteiger partial charge is 0.447 e. The molecule has 0 radical (unpaired) electrons. The van der Waals surface area contributed by atoms with Gasteiger partial charge < -0.3 is 9.84 Å². The van der Waals surface area contributed by atoms with Crippen molar-refractivity contribution in [3.63, 3.8) is 0 Å². The van der Waals surface area contributed by atoms with E-state index in [0.717, 1.165) is 19.6 Å². The predicted molar refractivity (Wildman–Crippen MR) is 56.3 cm³/mol. The summed E-state index contributed by atoms with van der Waals surface area (Å²) in [6.45, 7) is 5.90. The van der Waals surface area contributed by atoms with Crippen LogP contribution in [0.5, 0.6) is 0 Å². The number of aliphatic hydroxyl groups is 1. The van der Waals surface area contributed by atoms with Crippen LogP contribution in [0.4, 0.5) is 0 Å². The fourth-order valence-electron chi connectivity index (χ4n) is 1.81. The van der Waals surface area contributed by atoms with Gasteiger partial charge in [0.15, 0.2) is 6.23 Å². The number of ether oxygens (including phenoxy) is 1. The normalized spacial score (nSPS) is 26.3. The van der Waals surface area contributed by atoms with Gasteiger partial charge in [-0.3, -0.25) is 14.6 Å². The molecule has 0 aromatic rings. The van der Waals surface area contributed by atoms with E-state index >= 15 is 0 Å². The van der Waals surface area contributed by atoms with Gasteiger partial charge in [0.2, 0.25) is 0 Å². The van der Waals surface area contributed by atoms with Crippen LogP contribution >= 0.6 is 0 Å². The number of hydrogen-bond acceptors (Lipinski definition) is 5. The molecule has 5 heteroatoms. The second kappa shape index (κ2) is 5.44. The highest BCUT2D eigenvalue weighted by Crippen LogP contribution is 2.11. The highest BCUT2D eigenvalue weighted by atomic mass is 16.6. The first-order valence-electron chi connectivity index (χ1n) is 5.27. The Bertz CT molecular complexity index is 223. The molecule has 2 unspecified atom stereocenters. The number of likely N-dealkylation sites (N-methyl/N-ethyl adjacent to an activating group) is 1. The molecule has 0 saturated carbocycles. The van der Waals surface area contributed by atoms with E-state index in [1.165, 1.54) is 6.92 Å². The van der Waals surface area contributed by atoms with Crippen molar-refractivity contribution in [2.75, 3.05) is 33.3 Å². The summed E-state index contributed by atoms with van der Waals surface area (Å²) in [5.74, 6) is -0.262. The van der Waals surface area contributed by atoms with Gasteiger partial charge >= 0.3 is 5.97 Å². The number of aliphatic hydroxyl groups excluding tert-OH is 1. The molecule has 0 spiro atoms. The Morgan fingerprint density at radius 1 is 1.60 bits per heavy atom. The van der Waals surface area contributed by atoms with Gasteiger partial charge in [-0.15, -0.1) is 0 Å². The first-order valence-corrected chi connectivity index (χ1v) is 5.27. The fourth-order valence-corrected chi connectivity index (χ4v) is 1.81. The zero-order valence-electron chi connectivity index (χ0n) is 9.64. The van der Waals surface area contributed by atoms with Crippen LogP contribution in [0.25, 0.3) is 0 Å². The molecule has 1 heterocycles. The quantitative estimate of drug-likeness (QED) is 0.645. The van der Waals surface area contributed by atoms with Crippen LogP contribution in [0.2, 0.25) is 0 Å². The molecule has 1 aliphatic heterocycles. The van der Waals surface area contributed by atoms with Crippen LogP contribution in [0.1, 0.15) is 13.8 Å². The van der Waals surface area contributed by atoms with Crippen LogP contribution in [-0.2, 0) is 9.53 Å². The number of carbonyl (C=O) groups is 1. The first-order chi connectivity index (χ1) is 7.04. The SMILES string of the molecule is CC(=O)OC(C)N1CCN(C)C(CO)C1.